The molecule has 0 aliphatic heterocycles. The van der Waals surface area contributed by atoms with Crippen molar-refractivity contribution in [3.63, 3.8) is 0 Å². The van der Waals surface area contributed by atoms with Crippen molar-refractivity contribution in [2.45, 2.75) is 11.1 Å². The molecule has 2 aromatic rings. The van der Waals surface area contributed by atoms with Gasteiger partial charge in [0.1, 0.15) is 10.6 Å². The fourth-order valence-corrected chi connectivity index (χ4v) is 2.90. The molecule has 1 heterocycles. The van der Waals surface area contributed by atoms with E-state index in [1.54, 1.807) is 10.3 Å². The number of nitrogens with one attached hydrogen (secondary N) is 2. The molecule has 1 aromatic carbocycles. The van der Waals surface area contributed by atoms with Crippen LogP contribution in [-0.2, 0) is 16.2 Å². The van der Waals surface area contributed by atoms with Crippen LogP contribution in [0, 0.1) is 0 Å². The van der Waals surface area contributed by atoms with Crippen molar-refractivity contribution in [1.29, 1.82) is 0 Å². The average molecular weight is 381 g/mol. The van der Waals surface area contributed by atoms with Gasteiger partial charge in [-0.3, -0.25) is 15.2 Å². The van der Waals surface area contributed by atoms with E-state index in [0.29, 0.717) is 12.1 Å². The number of aromatic nitrogens is 2. The Kier molecular flexibility index (Phi) is 5.06. The third-order valence-electron chi connectivity index (χ3n) is 2.64. The highest BCUT2D eigenvalue weighted by Gasteiger charge is 2.32. The van der Waals surface area contributed by atoms with Crippen LogP contribution in [0.5, 0.6) is 0 Å². The summed E-state index contributed by atoms with van der Waals surface area (Å²) in [6.07, 6.45) is -1.19. The van der Waals surface area contributed by atoms with Gasteiger partial charge < -0.3 is 0 Å². The minimum absolute atomic E-state index is 0.199. The monoisotopic (exact) mass is 380 g/mol. The van der Waals surface area contributed by atoms with Crippen LogP contribution in [0.1, 0.15) is 16.1 Å². The van der Waals surface area contributed by atoms with E-state index in [-0.39, 0.29) is 5.69 Å². The van der Waals surface area contributed by atoms with Gasteiger partial charge in [0.05, 0.1) is 16.8 Å². The number of carbonyl (C=O) groups excluding carboxylic acids is 1. The van der Waals surface area contributed by atoms with Gasteiger partial charge in [-0.15, -0.1) is 4.83 Å². The SMILES string of the molecule is O=C(NNS(=O)(=O)c1cc(C(F)(F)F)ccc1Cl)c1cnccn1. The average Bonchev–Trinajstić information content (AvgIpc) is 2.52. The zero-order valence-corrected chi connectivity index (χ0v) is 13.1. The molecule has 0 radical (unpaired) electrons. The summed E-state index contributed by atoms with van der Waals surface area (Å²) in [4.78, 5) is 19.7. The van der Waals surface area contributed by atoms with Crippen molar-refractivity contribution in [2.75, 3.05) is 0 Å². The summed E-state index contributed by atoms with van der Waals surface area (Å²) < 4.78 is 62.1. The number of sulfonamides is 1. The largest absolute Gasteiger partial charge is 0.416 e. The van der Waals surface area contributed by atoms with E-state index >= 15 is 0 Å². The van der Waals surface area contributed by atoms with E-state index < -0.39 is 37.6 Å². The summed E-state index contributed by atoms with van der Waals surface area (Å²) in [7, 11) is -4.54. The molecule has 24 heavy (non-hydrogen) atoms. The van der Waals surface area contributed by atoms with Crippen LogP contribution in [0.4, 0.5) is 13.2 Å². The van der Waals surface area contributed by atoms with Crippen molar-refractivity contribution < 1.29 is 26.4 Å². The van der Waals surface area contributed by atoms with Crippen LogP contribution in [0.3, 0.4) is 0 Å². The van der Waals surface area contributed by atoms with Gasteiger partial charge in [0, 0.05) is 12.4 Å². The van der Waals surface area contributed by atoms with Gasteiger partial charge >= 0.3 is 6.18 Å². The number of nitrogens with zero attached hydrogens (tertiary/aromatic N) is 2. The highest BCUT2D eigenvalue weighted by atomic mass is 35.5. The lowest BCUT2D eigenvalue weighted by molar-refractivity contribution is -0.137. The maximum atomic E-state index is 12.7. The maximum absolute atomic E-state index is 12.7. The van der Waals surface area contributed by atoms with Crippen LogP contribution < -0.4 is 10.3 Å². The van der Waals surface area contributed by atoms with Crippen LogP contribution in [-0.4, -0.2) is 24.3 Å². The van der Waals surface area contributed by atoms with E-state index in [1.807, 2.05) is 0 Å². The highest BCUT2D eigenvalue weighted by Crippen LogP contribution is 2.33. The van der Waals surface area contributed by atoms with E-state index in [0.717, 1.165) is 12.3 Å². The summed E-state index contributed by atoms with van der Waals surface area (Å²) in [5.41, 5.74) is 0.404. The Morgan fingerprint density at radius 3 is 2.50 bits per heavy atom. The molecule has 2 N–H and O–H groups in total. The lowest BCUT2D eigenvalue weighted by Crippen LogP contribution is -2.42. The fraction of sp³-hybridized carbons (Fsp3) is 0.0833. The van der Waals surface area contributed by atoms with Gasteiger partial charge in [0.25, 0.3) is 15.9 Å². The van der Waals surface area contributed by atoms with Crippen molar-refractivity contribution in [3.8, 4) is 0 Å². The summed E-state index contributed by atoms with van der Waals surface area (Å²) in [6, 6.07) is 1.79. The first kappa shape index (κ1) is 18.1. The number of halogens is 4. The number of hydrogen-bond acceptors (Lipinski definition) is 5. The van der Waals surface area contributed by atoms with E-state index in [4.69, 9.17) is 11.6 Å². The molecule has 0 saturated carbocycles. The Morgan fingerprint density at radius 1 is 1.21 bits per heavy atom. The summed E-state index contributed by atoms with van der Waals surface area (Å²) >= 11 is 5.64. The summed E-state index contributed by atoms with van der Waals surface area (Å²) in [5, 5.41) is -0.441. The summed E-state index contributed by atoms with van der Waals surface area (Å²) in [5.74, 6) is -0.949. The molecule has 0 aliphatic carbocycles. The second-order valence-corrected chi connectivity index (χ2v) is 6.35. The second-order valence-electron chi connectivity index (χ2n) is 4.29. The molecule has 0 unspecified atom stereocenters. The molecular weight excluding hydrogens is 373 g/mol. The van der Waals surface area contributed by atoms with E-state index in [1.165, 1.54) is 12.4 Å². The molecule has 7 nitrogen and oxygen atoms in total. The molecule has 2 rings (SSSR count). The topological polar surface area (TPSA) is 101 Å². The number of benzene rings is 1. The molecule has 0 fully saturated rings. The molecule has 12 heteroatoms. The minimum Gasteiger partial charge on any atom is -0.272 e. The van der Waals surface area contributed by atoms with Gasteiger partial charge in [0.2, 0.25) is 0 Å². The Morgan fingerprint density at radius 2 is 1.92 bits per heavy atom. The van der Waals surface area contributed by atoms with Gasteiger partial charge in [-0.1, -0.05) is 11.6 Å². The third-order valence-corrected chi connectivity index (χ3v) is 4.37. The minimum atomic E-state index is -4.75. The standard InChI is InChI=1S/C12H8ClF3N4O3S/c13-8-2-1-7(12(14,15)16)5-10(8)24(22,23)20-19-11(21)9-6-17-3-4-18-9/h1-6,20H,(H,19,21). The smallest absolute Gasteiger partial charge is 0.272 e. The van der Waals surface area contributed by atoms with E-state index in [2.05, 4.69) is 9.97 Å². The van der Waals surface area contributed by atoms with Crippen LogP contribution in [0.25, 0.3) is 0 Å². The lowest BCUT2D eigenvalue weighted by atomic mass is 10.2. The second kappa shape index (κ2) is 6.71. The van der Waals surface area contributed by atoms with Crippen LogP contribution in [0.2, 0.25) is 5.02 Å². The molecule has 0 aliphatic rings. The lowest BCUT2D eigenvalue weighted by Gasteiger charge is -2.12. The first-order valence-electron chi connectivity index (χ1n) is 6.06. The highest BCUT2D eigenvalue weighted by molar-refractivity contribution is 7.89. The van der Waals surface area contributed by atoms with Gasteiger partial charge in [-0.05, 0) is 18.2 Å². The maximum Gasteiger partial charge on any atom is 0.416 e. The van der Waals surface area contributed by atoms with Crippen molar-refractivity contribution >= 4 is 27.5 Å². The Balaban J connectivity index is 2.23. The zero-order valence-electron chi connectivity index (χ0n) is 11.5. The van der Waals surface area contributed by atoms with E-state index in [9.17, 15) is 26.4 Å². The Bertz CT molecular complexity index is 860. The third kappa shape index (κ3) is 4.19. The van der Waals surface area contributed by atoms with Gasteiger partial charge in [-0.2, -0.15) is 13.2 Å². The number of carbonyl (C=O) groups is 1. The fourth-order valence-electron chi connectivity index (χ4n) is 1.53. The van der Waals surface area contributed by atoms with Crippen molar-refractivity contribution in [1.82, 2.24) is 20.2 Å². The molecule has 0 atom stereocenters. The molecule has 128 valence electrons. The molecular formula is C12H8ClF3N4O3S. The number of rotatable bonds is 4. The van der Waals surface area contributed by atoms with Gasteiger partial charge in [-0.25, -0.2) is 13.4 Å². The number of alkyl halides is 3. The first-order valence-corrected chi connectivity index (χ1v) is 7.92. The quantitative estimate of drug-likeness (QED) is 0.787. The molecule has 0 bridgehead atoms. The number of hydrazine groups is 1. The van der Waals surface area contributed by atoms with Crippen molar-refractivity contribution in [2.24, 2.45) is 0 Å². The normalized spacial score (nSPS) is 12.0. The first-order chi connectivity index (χ1) is 11.1. The van der Waals surface area contributed by atoms with Crippen molar-refractivity contribution in [3.05, 3.63) is 53.1 Å². The molecule has 1 amide bonds. The predicted molar refractivity (Wildman–Crippen MR) is 76.3 cm³/mol. The Hall–Kier alpha value is -2.24. The number of amides is 1. The van der Waals surface area contributed by atoms with Crippen LogP contribution >= 0.6 is 11.6 Å². The van der Waals surface area contributed by atoms with Gasteiger partial charge in [0.15, 0.2) is 0 Å². The zero-order chi connectivity index (χ0) is 18.0. The molecule has 1 aromatic heterocycles. The predicted octanol–water partition coefficient (Wildman–Crippen LogP) is 1.77. The molecule has 0 saturated heterocycles. The number of hydrogen-bond donors (Lipinski definition) is 2. The van der Waals surface area contributed by atoms with Crippen LogP contribution in [0.15, 0.2) is 41.7 Å². The molecule has 0 spiro atoms. The summed E-state index contributed by atoms with van der Waals surface area (Å²) in [6.45, 7) is 0. The Labute approximate surface area is 138 Å².